The number of non-ortho nitro benzene ring substituents is 1. The molecule has 24 heavy (non-hydrogen) atoms. The lowest BCUT2D eigenvalue weighted by atomic mass is 10.1. The van der Waals surface area contributed by atoms with Crippen molar-refractivity contribution in [1.82, 2.24) is 4.90 Å². The highest BCUT2D eigenvalue weighted by molar-refractivity contribution is 5.34. The molecule has 0 unspecified atom stereocenters. The van der Waals surface area contributed by atoms with Crippen LogP contribution >= 0.6 is 0 Å². The standard InChI is InChI=1S/C19H24N2O3/c1-24-14-13-20(12-6-10-17-7-3-2-4-8-17)16-18-9-5-11-19(15-18)21(22)23/h2-5,7-9,11,15H,6,10,12-14,16H2,1H3. The molecule has 0 N–H and O–H groups in total. The molecule has 0 bridgehead atoms. The maximum atomic E-state index is 10.9. The molecule has 0 fully saturated rings. The summed E-state index contributed by atoms with van der Waals surface area (Å²) >= 11 is 0. The first-order chi connectivity index (χ1) is 11.7. The lowest BCUT2D eigenvalue weighted by molar-refractivity contribution is -0.384. The van der Waals surface area contributed by atoms with Crippen molar-refractivity contribution in [2.45, 2.75) is 19.4 Å². The van der Waals surface area contributed by atoms with Gasteiger partial charge in [0.25, 0.3) is 5.69 Å². The van der Waals surface area contributed by atoms with Gasteiger partial charge < -0.3 is 4.74 Å². The molecule has 0 aliphatic heterocycles. The van der Waals surface area contributed by atoms with E-state index in [2.05, 4.69) is 29.2 Å². The fourth-order valence-electron chi connectivity index (χ4n) is 2.67. The molecule has 0 radical (unpaired) electrons. The van der Waals surface area contributed by atoms with E-state index in [9.17, 15) is 10.1 Å². The Morgan fingerprint density at radius 1 is 1.04 bits per heavy atom. The highest BCUT2D eigenvalue weighted by Gasteiger charge is 2.10. The molecule has 0 heterocycles. The fourth-order valence-corrected chi connectivity index (χ4v) is 2.67. The molecule has 0 aromatic heterocycles. The summed E-state index contributed by atoms with van der Waals surface area (Å²) in [5.41, 5.74) is 2.43. The number of hydrogen-bond donors (Lipinski definition) is 0. The van der Waals surface area contributed by atoms with Crippen molar-refractivity contribution in [2.75, 3.05) is 26.8 Å². The Labute approximate surface area is 143 Å². The summed E-state index contributed by atoms with van der Waals surface area (Å²) in [4.78, 5) is 12.8. The molecule has 0 saturated carbocycles. The smallest absolute Gasteiger partial charge is 0.269 e. The van der Waals surface area contributed by atoms with Gasteiger partial charge in [0.1, 0.15) is 0 Å². The van der Waals surface area contributed by atoms with Gasteiger partial charge in [0.05, 0.1) is 11.5 Å². The summed E-state index contributed by atoms with van der Waals surface area (Å²) < 4.78 is 5.19. The molecule has 0 spiro atoms. The molecule has 0 aliphatic carbocycles. The zero-order valence-corrected chi connectivity index (χ0v) is 14.1. The zero-order valence-electron chi connectivity index (χ0n) is 14.1. The third-order valence-corrected chi connectivity index (χ3v) is 3.92. The summed E-state index contributed by atoms with van der Waals surface area (Å²) in [6.45, 7) is 3.09. The van der Waals surface area contributed by atoms with Gasteiger partial charge in [-0.1, -0.05) is 42.5 Å². The minimum absolute atomic E-state index is 0.142. The first-order valence-electron chi connectivity index (χ1n) is 8.17. The van der Waals surface area contributed by atoms with Crippen molar-refractivity contribution < 1.29 is 9.66 Å². The highest BCUT2D eigenvalue weighted by atomic mass is 16.6. The quantitative estimate of drug-likeness (QED) is 0.493. The van der Waals surface area contributed by atoms with E-state index >= 15 is 0 Å². The Hall–Kier alpha value is -2.24. The van der Waals surface area contributed by atoms with Gasteiger partial charge in [-0.2, -0.15) is 0 Å². The summed E-state index contributed by atoms with van der Waals surface area (Å²) in [5, 5.41) is 10.9. The summed E-state index contributed by atoms with van der Waals surface area (Å²) in [5.74, 6) is 0. The predicted molar refractivity (Wildman–Crippen MR) is 95.0 cm³/mol. The van der Waals surface area contributed by atoms with E-state index in [1.807, 2.05) is 12.1 Å². The van der Waals surface area contributed by atoms with E-state index in [0.717, 1.165) is 31.5 Å². The van der Waals surface area contributed by atoms with Gasteiger partial charge in [0, 0.05) is 32.3 Å². The molecule has 128 valence electrons. The minimum atomic E-state index is -0.349. The van der Waals surface area contributed by atoms with Crippen LogP contribution in [-0.4, -0.2) is 36.6 Å². The molecule has 5 nitrogen and oxygen atoms in total. The van der Waals surface area contributed by atoms with Gasteiger partial charge in [-0.25, -0.2) is 0 Å². The van der Waals surface area contributed by atoms with Crippen LogP contribution in [0.4, 0.5) is 5.69 Å². The third kappa shape index (κ3) is 6.10. The zero-order chi connectivity index (χ0) is 17.2. The van der Waals surface area contributed by atoms with Crippen LogP contribution < -0.4 is 0 Å². The van der Waals surface area contributed by atoms with Crippen LogP contribution in [0.15, 0.2) is 54.6 Å². The topological polar surface area (TPSA) is 55.6 Å². The Kier molecular flexibility index (Phi) is 7.39. The maximum Gasteiger partial charge on any atom is 0.269 e. The van der Waals surface area contributed by atoms with E-state index < -0.39 is 0 Å². The van der Waals surface area contributed by atoms with Gasteiger partial charge in [-0.05, 0) is 30.5 Å². The number of rotatable bonds is 10. The van der Waals surface area contributed by atoms with E-state index in [4.69, 9.17) is 4.74 Å². The molecular weight excluding hydrogens is 304 g/mol. The number of hydrogen-bond acceptors (Lipinski definition) is 4. The van der Waals surface area contributed by atoms with E-state index in [0.29, 0.717) is 13.2 Å². The second-order valence-corrected chi connectivity index (χ2v) is 5.79. The van der Waals surface area contributed by atoms with Crippen molar-refractivity contribution in [1.29, 1.82) is 0 Å². The van der Waals surface area contributed by atoms with Gasteiger partial charge in [0.15, 0.2) is 0 Å². The number of nitrogens with zero attached hydrogens (tertiary/aromatic N) is 2. The number of aryl methyl sites for hydroxylation is 1. The number of methoxy groups -OCH3 is 1. The summed E-state index contributed by atoms with van der Waals surface area (Å²) in [7, 11) is 1.69. The fraction of sp³-hybridized carbons (Fsp3) is 0.368. The molecule has 2 aromatic rings. The average molecular weight is 328 g/mol. The minimum Gasteiger partial charge on any atom is -0.383 e. The van der Waals surface area contributed by atoms with E-state index in [1.165, 1.54) is 11.6 Å². The first-order valence-corrected chi connectivity index (χ1v) is 8.17. The van der Waals surface area contributed by atoms with Crippen LogP contribution in [0.5, 0.6) is 0 Å². The van der Waals surface area contributed by atoms with Crippen LogP contribution in [0.3, 0.4) is 0 Å². The lowest BCUT2D eigenvalue weighted by Crippen LogP contribution is -2.28. The molecule has 0 amide bonds. The summed E-state index contributed by atoms with van der Waals surface area (Å²) in [6, 6.07) is 17.3. The summed E-state index contributed by atoms with van der Waals surface area (Å²) in [6.07, 6.45) is 2.07. The van der Waals surface area contributed by atoms with Crippen LogP contribution in [0.1, 0.15) is 17.5 Å². The monoisotopic (exact) mass is 328 g/mol. The first kappa shape index (κ1) is 18.1. The largest absolute Gasteiger partial charge is 0.383 e. The lowest BCUT2D eigenvalue weighted by Gasteiger charge is -2.22. The molecule has 0 aliphatic rings. The molecule has 2 aromatic carbocycles. The normalized spacial score (nSPS) is 10.9. The maximum absolute atomic E-state index is 10.9. The molecule has 0 atom stereocenters. The van der Waals surface area contributed by atoms with Gasteiger partial charge >= 0.3 is 0 Å². The number of ether oxygens (including phenoxy) is 1. The second-order valence-electron chi connectivity index (χ2n) is 5.79. The van der Waals surface area contributed by atoms with Crippen molar-refractivity contribution in [2.24, 2.45) is 0 Å². The Morgan fingerprint density at radius 3 is 2.50 bits per heavy atom. The van der Waals surface area contributed by atoms with Crippen LogP contribution in [0.2, 0.25) is 0 Å². The molecule has 0 saturated heterocycles. The number of benzene rings is 2. The Morgan fingerprint density at radius 2 is 1.79 bits per heavy atom. The van der Waals surface area contributed by atoms with E-state index in [-0.39, 0.29) is 10.6 Å². The van der Waals surface area contributed by atoms with Gasteiger partial charge in [-0.3, -0.25) is 15.0 Å². The molecular formula is C19H24N2O3. The number of nitro benzene ring substituents is 1. The van der Waals surface area contributed by atoms with Crippen LogP contribution in [-0.2, 0) is 17.7 Å². The van der Waals surface area contributed by atoms with Crippen molar-refractivity contribution in [3.63, 3.8) is 0 Å². The average Bonchev–Trinajstić information content (AvgIpc) is 2.60. The van der Waals surface area contributed by atoms with E-state index in [1.54, 1.807) is 19.2 Å². The van der Waals surface area contributed by atoms with Crippen molar-refractivity contribution in [3.05, 3.63) is 75.8 Å². The van der Waals surface area contributed by atoms with Crippen LogP contribution in [0, 0.1) is 10.1 Å². The third-order valence-electron chi connectivity index (χ3n) is 3.92. The molecule has 5 heteroatoms. The van der Waals surface area contributed by atoms with Crippen LogP contribution in [0.25, 0.3) is 0 Å². The van der Waals surface area contributed by atoms with Gasteiger partial charge in [0.2, 0.25) is 0 Å². The Bertz CT molecular complexity index is 632. The van der Waals surface area contributed by atoms with Crippen molar-refractivity contribution >= 4 is 5.69 Å². The Balaban J connectivity index is 1.92. The SMILES string of the molecule is COCCN(CCCc1ccccc1)Cc1cccc([N+](=O)[O-])c1. The van der Waals surface area contributed by atoms with Crippen molar-refractivity contribution in [3.8, 4) is 0 Å². The predicted octanol–water partition coefficient (Wildman–Crippen LogP) is 3.68. The number of nitro groups is 1. The highest BCUT2D eigenvalue weighted by Crippen LogP contribution is 2.15. The van der Waals surface area contributed by atoms with Gasteiger partial charge in [-0.15, -0.1) is 0 Å². The second kappa shape index (κ2) is 9.80. The molecule has 2 rings (SSSR count).